The Morgan fingerprint density at radius 3 is 2.45 bits per heavy atom. The molecule has 5 nitrogen and oxygen atoms in total. The lowest BCUT2D eigenvalue weighted by atomic mass is 9.67. The first-order valence-electron chi connectivity index (χ1n) is 8.17. The SMILES string of the molecule is CCC1(CNC(=NC)NCCCCCC(=O)OC)CCC1.I. The van der Waals surface area contributed by atoms with Gasteiger partial charge in [-0.25, -0.2) is 0 Å². The van der Waals surface area contributed by atoms with Gasteiger partial charge in [-0.2, -0.15) is 0 Å². The maximum absolute atomic E-state index is 11.0. The number of halogens is 1. The van der Waals surface area contributed by atoms with Crippen molar-refractivity contribution in [1.29, 1.82) is 0 Å². The number of unbranched alkanes of at least 4 members (excludes halogenated alkanes) is 2. The zero-order chi connectivity index (χ0) is 15.6. The van der Waals surface area contributed by atoms with Gasteiger partial charge in [-0.3, -0.25) is 9.79 Å². The number of rotatable bonds is 9. The van der Waals surface area contributed by atoms with Crippen molar-refractivity contribution in [2.75, 3.05) is 27.2 Å². The van der Waals surface area contributed by atoms with Gasteiger partial charge in [0.05, 0.1) is 7.11 Å². The second-order valence-corrected chi connectivity index (χ2v) is 5.95. The third kappa shape index (κ3) is 7.65. The average molecular weight is 425 g/mol. The molecule has 0 spiro atoms. The Balaban J connectivity index is 0.00000441. The van der Waals surface area contributed by atoms with Crippen molar-refractivity contribution in [3.63, 3.8) is 0 Å². The number of nitrogens with one attached hydrogen (secondary N) is 2. The standard InChI is InChI=1S/C16H31N3O2.HI/c1-4-16(10-8-11-16)13-19-15(17-2)18-12-7-5-6-9-14(20)21-3;/h4-13H2,1-3H3,(H2,17,18,19);1H. The molecule has 0 heterocycles. The van der Waals surface area contributed by atoms with E-state index in [4.69, 9.17) is 0 Å². The molecule has 22 heavy (non-hydrogen) atoms. The Morgan fingerprint density at radius 2 is 1.95 bits per heavy atom. The molecule has 6 heteroatoms. The van der Waals surface area contributed by atoms with Crippen LogP contribution in [-0.4, -0.2) is 39.2 Å². The van der Waals surface area contributed by atoms with Crippen LogP contribution >= 0.6 is 24.0 Å². The third-order valence-corrected chi connectivity index (χ3v) is 4.60. The van der Waals surface area contributed by atoms with Gasteiger partial charge in [0.15, 0.2) is 5.96 Å². The summed E-state index contributed by atoms with van der Waals surface area (Å²) in [6.07, 6.45) is 8.74. The number of nitrogens with zero attached hydrogens (tertiary/aromatic N) is 1. The minimum absolute atomic E-state index is 0. The Hall–Kier alpha value is -0.530. The molecule has 1 saturated carbocycles. The highest BCUT2D eigenvalue weighted by Crippen LogP contribution is 2.42. The summed E-state index contributed by atoms with van der Waals surface area (Å²) >= 11 is 0. The smallest absolute Gasteiger partial charge is 0.305 e. The zero-order valence-corrected chi connectivity index (χ0v) is 16.6. The van der Waals surface area contributed by atoms with Gasteiger partial charge in [-0.05, 0) is 37.5 Å². The summed E-state index contributed by atoms with van der Waals surface area (Å²) in [6.45, 7) is 4.18. The Morgan fingerprint density at radius 1 is 1.23 bits per heavy atom. The van der Waals surface area contributed by atoms with Gasteiger partial charge in [-0.15, -0.1) is 24.0 Å². The maximum atomic E-state index is 11.0. The van der Waals surface area contributed by atoms with Crippen molar-refractivity contribution < 1.29 is 9.53 Å². The summed E-state index contributed by atoms with van der Waals surface area (Å²) in [6, 6.07) is 0. The molecule has 0 saturated heterocycles. The van der Waals surface area contributed by atoms with Crippen molar-refractivity contribution in [3.05, 3.63) is 0 Å². The summed E-state index contributed by atoms with van der Waals surface area (Å²) in [7, 11) is 3.25. The zero-order valence-electron chi connectivity index (χ0n) is 14.2. The molecule has 1 fully saturated rings. The Kier molecular flexibility index (Phi) is 11.7. The van der Waals surface area contributed by atoms with Crippen LogP contribution in [0.1, 0.15) is 58.3 Å². The number of esters is 1. The van der Waals surface area contributed by atoms with Crippen molar-refractivity contribution in [3.8, 4) is 0 Å². The molecule has 130 valence electrons. The van der Waals surface area contributed by atoms with Crippen molar-refractivity contribution in [1.82, 2.24) is 10.6 Å². The van der Waals surface area contributed by atoms with Crippen LogP contribution < -0.4 is 10.6 Å². The summed E-state index contributed by atoms with van der Waals surface area (Å²) in [5, 5.41) is 6.79. The van der Waals surface area contributed by atoms with Crippen LogP contribution in [0.3, 0.4) is 0 Å². The van der Waals surface area contributed by atoms with Crippen molar-refractivity contribution >= 4 is 35.9 Å². The first-order chi connectivity index (χ1) is 10.2. The number of carbonyl (C=O) groups is 1. The fourth-order valence-corrected chi connectivity index (χ4v) is 2.70. The highest BCUT2D eigenvalue weighted by molar-refractivity contribution is 14.0. The molecule has 0 bridgehead atoms. The fraction of sp³-hybridized carbons (Fsp3) is 0.875. The van der Waals surface area contributed by atoms with E-state index in [0.29, 0.717) is 11.8 Å². The van der Waals surface area contributed by atoms with Crippen LogP contribution in [-0.2, 0) is 9.53 Å². The lowest BCUT2D eigenvalue weighted by Gasteiger charge is -2.41. The first-order valence-corrected chi connectivity index (χ1v) is 8.17. The molecular formula is C16H32IN3O2. The Bertz CT molecular complexity index is 339. The second-order valence-electron chi connectivity index (χ2n) is 5.95. The number of aliphatic imine (C=N–C) groups is 1. The summed E-state index contributed by atoms with van der Waals surface area (Å²) in [5.74, 6) is 0.772. The van der Waals surface area contributed by atoms with E-state index in [1.54, 1.807) is 0 Å². The summed E-state index contributed by atoms with van der Waals surface area (Å²) in [5.41, 5.74) is 0.498. The van der Waals surface area contributed by atoms with Crippen LogP contribution in [0.25, 0.3) is 0 Å². The highest BCUT2D eigenvalue weighted by atomic mass is 127. The van der Waals surface area contributed by atoms with Gasteiger partial charge >= 0.3 is 5.97 Å². The van der Waals surface area contributed by atoms with Gasteiger partial charge in [0.1, 0.15) is 0 Å². The number of carbonyl (C=O) groups excluding carboxylic acids is 1. The van der Waals surface area contributed by atoms with E-state index in [0.717, 1.165) is 38.3 Å². The topological polar surface area (TPSA) is 62.7 Å². The highest BCUT2D eigenvalue weighted by Gasteiger charge is 2.34. The molecule has 0 aromatic rings. The first kappa shape index (κ1) is 21.5. The molecule has 1 aliphatic carbocycles. The minimum Gasteiger partial charge on any atom is -0.469 e. The van der Waals surface area contributed by atoms with Crippen molar-refractivity contribution in [2.24, 2.45) is 10.4 Å². The molecule has 0 aliphatic heterocycles. The quantitative estimate of drug-likeness (QED) is 0.196. The van der Waals surface area contributed by atoms with Crippen LogP contribution in [0.5, 0.6) is 0 Å². The number of methoxy groups -OCH3 is 1. The van der Waals surface area contributed by atoms with E-state index >= 15 is 0 Å². The molecule has 0 radical (unpaired) electrons. The lowest BCUT2D eigenvalue weighted by molar-refractivity contribution is -0.140. The average Bonchev–Trinajstić information content (AvgIpc) is 2.47. The van der Waals surface area contributed by atoms with Crippen LogP contribution in [0.15, 0.2) is 4.99 Å². The number of hydrogen-bond acceptors (Lipinski definition) is 3. The van der Waals surface area contributed by atoms with E-state index in [2.05, 4.69) is 27.3 Å². The predicted molar refractivity (Wildman–Crippen MR) is 102 cm³/mol. The molecule has 0 amide bonds. The summed E-state index contributed by atoms with van der Waals surface area (Å²) < 4.78 is 4.62. The summed E-state index contributed by atoms with van der Waals surface area (Å²) in [4.78, 5) is 15.2. The van der Waals surface area contributed by atoms with E-state index in [1.165, 1.54) is 32.8 Å². The molecule has 1 rings (SSSR count). The molecule has 0 unspecified atom stereocenters. The predicted octanol–water partition coefficient (Wildman–Crippen LogP) is 3.08. The van der Waals surface area contributed by atoms with Crippen LogP contribution in [0, 0.1) is 5.41 Å². The molecule has 0 atom stereocenters. The van der Waals surface area contributed by atoms with Gasteiger partial charge in [-0.1, -0.05) is 19.8 Å². The molecule has 1 aliphatic rings. The molecule has 0 aromatic carbocycles. The van der Waals surface area contributed by atoms with Gasteiger partial charge in [0.25, 0.3) is 0 Å². The lowest BCUT2D eigenvalue weighted by Crippen LogP contribution is -2.46. The van der Waals surface area contributed by atoms with Gasteiger partial charge < -0.3 is 15.4 Å². The van der Waals surface area contributed by atoms with E-state index in [9.17, 15) is 4.79 Å². The maximum Gasteiger partial charge on any atom is 0.305 e. The number of hydrogen-bond donors (Lipinski definition) is 2. The van der Waals surface area contributed by atoms with Gasteiger partial charge in [0, 0.05) is 26.6 Å². The van der Waals surface area contributed by atoms with E-state index in [-0.39, 0.29) is 29.9 Å². The van der Waals surface area contributed by atoms with E-state index < -0.39 is 0 Å². The molecular weight excluding hydrogens is 393 g/mol. The number of ether oxygens (including phenoxy) is 1. The monoisotopic (exact) mass is 425 g/mol. The second kappa shape index (κ2) is 12.0. The number of guanidine groups is 1. The van der Waals surface area contributed by atoms with E-state index in [1.807, 2.05) is 7.05 Å². The van der Waals surface area contributed by atoms with Crippen LogP contribution in [0.2, 0.25) is 0 Å². The molecule has 2 N–H and O–H groups in total. The normalized spacial score (nSPS) is 16.2. The van der Waals surface area contributed by atoms with Crippen LogP contribution in [0.4, 0.5) is 0 Å². The largest absolute Gasteiger partial charge is 0.469 e. The van der Waals surface area contributed by atoms with Crippen molar-refractivity contribution in [2.45, 2.75) is 58.3 Å². The fourth-order valence-electron chi connectivity index (χ4n) is 2.70. The third-order valence-electron chi connectivity index (χ3n) is 4.60. The minimum atomic E-state index is -0.120. The molecule has 0 aromatic heterocycles. The van der Waals surface area contributed by atoms with Gasteiger partial charge in [0.2, 0.25) is 0 Å². The Labute approximate surface area is 152 Å².